The number of aryl methyl sites for hydroxylation is 1. The number of rotatable bonds is 6. The van der Waals surface area contributed by atoms with E-state index in [-0.39, 0.29) is 6.61 Å². The van der Waals surface area contributed by atoms with Crippen LogP contribution in [0.25, 0.3) is 10.9 Å². The number of nitrogens with one attached hydrogen (secondary N) is 1. The van der Waals surface area contributed by atoms with E-state index < -0.39 is 11.9 Å². The second kappa shape index (κ2) is 10.4. The summed E-state index contributed by atoms with van der Waals surface area (Å²) in [6.45, 7) is -0.369. The molecule has 1 aromatic heterocycles. The molecule has 1 aliphatic carbocycles. The van der Waals surface area contributed by atoms with E-state index in [1.807, 2.05) is 54.6 Å². The molecule has 0 saturated carbocycles. The summed E-state index contributed by atoms with van der Waals surface area (Å²) in [5.74, 6) is 0.506. The number of amides is 1. The van der Waals surface area contributed by atoms with E-state index in [1.165, 1.54) is 0 Å². The fourth-order valence-electron chi connectivity index (χ4n) is 4.41. The van der Waals surface area contributed by atoms with Crippen LogP contribution >= 0.6 is 0 Å². The monoisotopic (exact) mass is 466 g/mol. The van der Waals surface area contributed by atoms with Gasteiger partial charge in [-0.15, -0.1) is 0 Å². The number of carbonyl (C=O) groups excluding carboxylic acids is 2. The Morgan fingerprint density at radius 2 is 1.51 bits per heavy atom. The molecular formula is C29H26N2O4. The number of fused-ring (bicyclic) bond motifs is 2. The van der Waals surface area contributed by atoms with Crippen molar-refractivity contribution in [1.29, 1.82) is 0 Å². The van der Waals surface area contributed by atoms with Gasteiger partial charge in [0.05, 0.1) is 11.1 Å². The van der Waals surface area contributed by atoms with Crippen molar-refractivity contribution in [2.45, 2.75) is 32.1 Å². The zero-order valence-electron chi connectivity index (χ0n) is 19.3. The fraction of sp³-hybridized carbons (Fsp3) is 0.207. The first-order valence-electron chi connectivity index (χ1n) is 11.9. The van der Waals surface area contributed by atoms with Gasteiger partial charge in [0.25, 0.3) is 5.91 Å². The number of aromatic nitrogens is 1. The molecular weight excluding hydrogens is 440 g/mol. The maximum atomic E-state index is 13.2. The molecule has 0 saturated heterocycles. The van der Waals surface area contributed by atoms with Gasteiger partial charge in [0.15, 0.2) is 6.61 Å². The fourth-order valence-corrected chi connectivity index (χ4v) is 4.41. The van der Waals surface area contributed by atoms with Crippen molar-refractivity contribution in [2.24, 2.45) is 0 Å². The summed E-state index contributed by atoms with van der Waals surface area (Å²) in [6, 6.07) is 24.1. The van der Waals surface area contributed by atoms with Crippen LogP contribution in [-0.2, 0) is 22.4 Å². The maximum Gasteiger partial charge on any atom is 0.339 e. The summed E-state index contributed by atoms with van der Waals surface area (Å²) >= 11 is 0. The second-order valence-corrected chi connectivity index (χ2v) is 8.55. The predicted molar refractivity (Wildman–Crippen MR) is 135 cm³/mol. The molecule has 1 heterocycles. The Balaban J connectivity index is 1.25. The van der Waals surface area contributed by atoms with E-state index in [9.17, 15) is 9.59 Å². The van der Waals surface area contributed by atoms with Crippen LogP contribution in [0, 0.1) is 0 Å². The van der Waals surface area contributed by atoms with Crippen LogP contribution in [0.4, 0.5) is 5.69 Å². The lowest BCUT2D eigenvalue weighted by atomic mass is 9.97. The average molecular weight is 467 g/mol. The lowest BCUT2D eigenvalue weighted by Gasteiger charge is -2.15. The van der Waals surface area contributed by atoms with Gasteiger partial charge in [-0.3, -0.25) is 9.78 Å². The number of para-hydroxylation sites is 2. The van der Waals surface area contributed by atoms with Gasteiger partial charge >= 0.3 is 5.97 Å². The van der Waals surface area contributed by atoms with E-state index >= 15 is 0 Å². The zero-order chi connectivity index (χ0) is 24.0. The number of anilines is 1. The Labute approximate surface area is 203 Å². The van der Waals surface area contributed by atoms with Crippen LogP contribution in [-0.4, -0.2) is 23.5 Å². The average Bonchev–Trinajstić information content (AvgIpc) is 3.13. The van der Waals surface area contributed by atoms with Crippen molar-refractivity contribution in [3.8, 4) is 11.5 Å². The molecule has 0 radical (unpaired) electrons. The van der Waals surface area contributed by atoms with Crippen molar-refractivity contribution in [3.05, 3.63) is 95.7 Å². The molecule has 5 rings (SSSR count). The van der Waals surface area contributed by atoms with Crippen LogP contribution in [0.2, 0.25) is 0 Å². The third-order valence-corrected chi connectivity index (χ3v) is 6.07. The molecule has 6 nitrogen and oxygen atoms in total. The SMILES string of the molecule is O=C(COC(=O)c1c2c(nc3ccccc13)CCCCC2)Nc1ccc(Oc2ccccc2)cc1. The zero-order valence-corrected chi connectivity index (χ0v) is 19.3. The topological polar surface area (TPSA) is 77.5 Å². The van der Waals surface area contributed by atoms with Crippen molar-refractivity contribution in [1.82, 2.24) is 4.98 Å². The predicted octanol–water partition coefficient (Wildman–Crippen LogP) is 6.09. The Hall–Kier alpha value is -4.19. The molecule has 176 valence electrons. The third kappa shape index (κ3) is 5.32. The van der Waals surface area contributed by atoms with Gasteiger partial charge in [0.1, 0.15) is 11.5 Å². The molecule has 4 aromatic rings. The van der Waals surface area contributed by atoms with Gasteiger partial charge in [-0.1, -0.05) is 42.8 Å². The van der Waals surface area contributed by atoms with E-state index in [4.69, 9.17) is 14.5 Å². The molecule has 1 amide bonds. The van der Waals surface area contributed by atoms with Gasteiger partial charge in [-0.05, 0) is 73.7 Å². The molecule has 0 spiro atoms. The number of pyridine rings is 1. The summed E-state index contributed by atoms with van der Waals surface area (Å²) < 4.78 is 11.2. The molecule has 35 heavy (non-hydrogen) atoms. The number of benzene rings is 3. The lowest BCUT2D eigenvalue weighted by Crippen LogP contribution is -2.22. The third-order valence-electron chi connectivity index (χ3n) is 6.07. The quantitative estimate of drug-likeness (QED) is 0.275. The minimum atomic E-state index is -0.483. The molecule has 1 aliphatic rings. The van der Waals surface area contributed by atoms with E-state index in [2.05, 4.69) is 5.32 Å². The number of hydrogen-bond acceptors (Lipinski definition) is 5. The van der Waals surface area contributed by atoms with Crippen LogP contribution in [0.15, 0.2) is 78.9 Å². The molecule has 3 aromatic carbocycles. The summed E-state index contributed by atoms with van der Waals surface area (Å²) in [6.07, 6.45) is 4.83. The molecule has 6 heteroatoms. The van der Waals surface area contributed by atoms with Crippen LogP contribution < -0.4 is 10.1 Å². The van der Waals surface area contributed by atoms with Crippen LogP contribution in [0.3, 0.4) is 0 Å². The summed E-state index contributed by atoms with van der Waals surface area (Å²) in [5, 5.41) is 3.54. The Morgan fingerprint density at radius 1 is 0.800 bits per heavy atom. The molecule has 1 N–H and O–H groups in total. The smallest absolute Gasteiger partial charge is 0.339 e. The number of ether oxygens (including phenoxy) is 2. The normalized spacial score (nSPS) is 12.9. The van der Waals surface area contributed by atoms with Gasteiger partial charge in [0.2, 0.25) is 0 Å². The van der Waals surface area contributed by atoms with E-state index in [0.717, 1.165) is 60.0 Å². The summed E-state index contributed by atoms with van der Waals surface area (Å²) in [5.41, 5.74) is 3.84. The standard InChI is InChI=1S/C29H26N2O4/c32-27(30-20-15-17-22(18-16-20)35-21-9-3-1-4-10-21)19-34-29(33)28-23-11-5-2-6-13-25(23)31-26-14-8-7-12-24(26)28/h1,3-4,7-10,12,14-18H,2,5-6,11,13,19H2,(H,30,32). The largest absolute Gasteiger partial charge is 0.457 e. The molecule has 0 unspecified atom stereocenters. The van der Waals surface area contributed by atoms with Crippen LogP contribution in [0.5, 0.6) is 11.5 Å². The highest BCUT2D eigenvalue weighted by molar-refractivity contribution is 6.06. The minimum Gasteiger partial charge on any atom is -0.457 e. The molecule has 0 bridgehead atoms. The first-order chi connectivity index (χ1) is 17.2. The van der Waals surface area contributed by atoms with Gasteiger partial charge in [-0.25, -0.2) is 4.79 Å². The van der Waals surface area contributed by atoms with Gasteiger partial charge in [-0.2, -0.15) is 0 Å². The number of esters is 1. The highest BCUT2D eigenvalue weighted by Gasteiger charge is 2.23. The molecule has 0 atom stereocenters. The lowest BCUT2D eigenvalue weighted by molar-refractivity contribution is -0.119. The second-order valence-electron chi connectivity index (χ2n) is 8.55. The summed E-state index contributed by atoms with van der Waals surface area (Å²) in [4.78, 5) is 30.5. The van der Waals surface area contributed by atoms with E-state index in [1.54, 1.807) is 24.3 Å². The Bertz CT molecular complexity index is 1350. The first-order valence-corrected chi connectivity index (χ1v) is 11.9. The van der Waals surface area contributed by atoms with Crippen molar-refractivity contribution in [2.75, 3.05) is 11.9 Å². The maximum absolute atomic E-state index is 13.2. The van der Waals surface area contributed by atoms with Gasteiger partial charge in [0, 0.05) is 16.8 Å². The van der Waals surface area contributed by atoms with Crippen LogP contribution in [0.1, 0.15) is 40.9 Å². The minimum absolute atomic E-state index is 0.369. The molecule has 0 fully saturated rings. The molecule has 0 aliphatic heterocycles. The highest BCUT2D eigenvalue weighted by Crippen LogP contribution is 2.29. The number of carbonyl (C=O) groups is 2. The number of nitrogens with zero attached hydrogens (tertiary/aromatic N) is 1. The van der Waals surface area contributed by atoms with Crippen molar-refractivity contribution < 1.29 is 19.1 Å². The summed E-state index contributed by atoms with van der Waals surface area (Å²) in [7, 11) is 0. The van der Waals surface area contributed by atoms with E-state index in [0.29, 0.717) is 17.0 Å². The highest BCUT2D eigenvalue weighted by atomic mass is 16.5. The first kappa shape index (κ1) is 22.6. The Morgan fingerprint density at radius 3 is 2.34 bits per heavy atom. The Kier molecular flexibility index (Phi) is 6.70. The number of hydrogen-bond donors (Lipinski definition) is 1. The van der Waals surface area contributed by atoms with Gasteiger partial charge < -0.3 is 14.8 Å². The van der Waals surface area contributed by atoms with Crippen molar-refractivity contribution in [3.63, 3.8) is 0 Å². The van der Waals surface area contributed by atoms with Crippen molar-refractivity contribution >= 4 is 28.5 Å².